The normalized spacial score (nSPS) is 10.6. The molecule has 0 aliphatic heterocycles. The molecule has 0 aliphatic rings. The number of pyridine rings is 1. The van der Waals surface area contributed by atoms with Gasteiger partial charge in [-0.15, -0.1) is 0 Å². The van der Waals surface area contributed by atoms with E-state index in [2.05, 4.69) is 28.9 Å². The van der Waals surface area contributed by atoms with Crippen LogP contribution in [0.25, 0.3) is 0 Å². The van der Waals surface area contributed by atoms with E-state index in [0.717, 1.165) is 18.9 Å². The summed E-state index contributed by atoms with van der Waals surface area (Å²) in [6.07, 6.45) is 1.68. The van der Waals surface area contributed by atoms with Crippen LogP contribution in [0, 0.1) is 0 Å². The minimum atomic E-state index is 0.703. The van der Waals surface area contributed by atoms with Gasteiger partial charge < -0.3 is 15.5 Å². The van der Waals surface area contributed by atoms with Gasteiger partial charge in [-0.2, -0.15) is 0 Å². The third-order valence-electron chi connectivity index (χ3n) is 2.04. The average molecular weight is 194 g/mol. The summed E-state index contributed by atoms with van der Waals surface area (Å²) in [7, 11) is 6.15. The molecule has 0 amide bonds. The summed E-state index contributed by atoms with van der Waals surface area (Å²) in [4.78, 5) is 8.50. The van der Waals surface area contributed by atoms with E-state index < -0.39 is 0 Å². The first-order valence-electron chi connectivity index (χ1n) is 4.67. The van der Waals surface area contributed by atoms with Gasteiger partial charge in [-0.1, -0.05) is 0 Å². The monoisotopic (exact) mass is 194 g/mol. The number of nitrogens with two attached hydrogens (primary N) is 1. The first-order valence-corrected chi connectivity index (χ1v) is 4.67. The lowest BCUT2D eigenvalue weighted by atomic mass is 10.4. The largest absolute Gasteiger partial charge is 0.397 e. The van der Waals surface area contributed by atoms with Crippen LogP contribution in [0.1, 0.15) is 0 Å². The van der Waals surface area contributed by atoms with Crippen LogP contribution in [0.3, 0.4) is 0 Å². The van der Waals surface area contributed by atoms with Crippen molar-refractivity contribution in [3.05, 3.63) is 18.3 Å². The van der Waals surface area contributed by atoms with Crippen molar-refractivity contribution < 1.29 is 0 Å². The fourth-order valence-electron chi connectivity index (χ4n) is 1.09. The van der Waals surface area contributed by atoms with Crippen LogP contribution >= 0.6 is 0 Å². The zero-order valence-corrected chi connectivity index (χ0v) is 9.07. The lowest BCUT2D eigenvalue weighted by Gasteiger charge is -2.20. The maximum atomic E-state index is 5.56. The quantitative estimate of drug-likeness (QED) is 0.765. The molecule has 0 unspecified atom stereocenters. The summed E-state index contributed by atoms with van der Waals surface area (Å²) in [6.45, 7) is 1.98. The SMILES string of the molecule is CN(C)CCN(C)c1ccc(N)cn1. The molecule has 0 saturated heterocycles. The Morgan fingerprint density at radius 1 is 1.21 bits per heavy atom. The van der Waals surface area contributed by atoms with Crippen LogP contribution in [-0.4, -0.2) is 44.1 Å². The maximum absolute atomic E-state index is 5.56. The molecule has 2 N–H and O–H groups in total. The van der Waals surface area contributed by atoms with Crippen LogP contribution in [0.15, 0.2) is 18.3 Å². The Hall–Kier alpha value is -1.29. The van der Waals surface area contributed by atoms with E-state index in [1.165, 1.54) is 0 Å². The van der Waals surface area contributed by atoms with Crippen molar-refractivity contribution >= 4 is 11.5 Å². The second kappa shape index (κ2) is 4.81. The van der Waals surface area contributed by atoms with Gasteiger partial charge in [0.05, 0.1) is 11.9 Å². The Labute approximate surface area is 85.3 Å². The van der Waals surface area contributed by atoms with E-state index in [0.29, 0.717) is 5.69 Å². The van der Waals surface area contributed by atoms with Crippen LogP contribution in [0.4, 0.5) is 11.5 Å². The highest BCUT2D eigenvalue weighted by molar-refractivity contribution is 5.45. The summed E-state index contributed by atoms with van der Waals surface area (Å²) in [5, 5.41) is 0. The highest BCUT2D eigenvalue weighted by Crippen LogP contribution is 2.09. The lowest BCUT2D eigenvalue weighted by Crippen LogP contribution is -2.28. The molecule has 78 valence electrons. The molecule has 0 spiro atoms. The summed E-state index contributed by atoms with van der Waals surface area (Å²) >= 11 is 0. The van der Waals surface area contributed by atoms with E-state index in [4.69, 9.17) is 5.73 Å². The molecule has 0 atom stereocenters. The first kappa shape index (κ1) is 10.8. The number of hydrogen-bond donors (Lipinski definition) is 1. The zero-order chi connectivity index (χ0) is 10.6. The zero-order valence-electron chi connectivity index (χ0n) is 9.07. The third kappa shape index (κ3) is 3.22. The van der Waals surface area contributed by atoms with Crippen molar-refractivity contribution in [1.82, 2.24) is 9.88 Å². The van der Waals surface area contributed by atoms with Gasteiger partial charge in [-0.3, -0.25) is 0 Å². The van der Waals surface area contributed by atoms with Crippen LogP contribution in [-0.2, 0) is 0 Å². The molecule has 4 heteroatoms. The minimum absolute atomic E-state index is 0.703. The lowest BCUT2D eigenvalue weighted by molar-refractivity contribution is 0.416. The molecule has 0 fully saturated rings. The molecule has 0 radical (unpaired) electrons. The summed E-state index contributed by atoms with van der Waals surface area (Å²) in [5.74, 6) is 0.959. The Morgan fingerprint density at radius 3 is 2.43 bits per heavy atom. The fraction of sp³-hybridized carbons (Fsp3) is 0.500. The predicted octanol–water partition coefficient (Wildman–Crippen LogP) is 0.662. The van der Waals surface area contributed by atoms with E-state index in [1.807, 2.05) is 19.2 Å². The van der Waals surface area contributed by atoms with E-state index >= 15 is 0 Å². The topological polar surface area (TPSA) is 45.4 Å². The van der Waals surface area contributed by atoms with E-state index in [1.54, 1.807) is 6.20 Å². The van der Waals surface area contributed by atoms with Crippen molar-refractivity contribution in [2.75, 3.05) is 44.9 Å². The first-order chi connectivity index (χ1) is 6.59. The second-order valence-corrected chi connectivity index (χ2v) is 3.67. The molecular weight excluding hydrogens is 176 g/mol. The molecular formula is C10H18N4. The molecule has 1 aromatic heterocycles. The Morgan fingerprint density at radius 2 is 1.93 bits per heavy atom. The highest BCUT2D eigenvalue weighted by Gasteiger charge is 2.01. The molecule has 0 bridgehead atoms. The highest BCUT2D eigenvalue weighted by atomic mass is 15.2. The van der Waals surface area contributed by atoms with Crippen molar-refractivity contribution in [3.8, 4) is 0 Å². The van der Waals surface area contributed by atoms with Crippen molar-refractivity contribution in [2.45, 2.75) is 0 Å². The Bertz CT molecular complexity index is 268. The van der Waals surface area contributed by atoms with Gasteiger partial charge in [0.1, 0.15) is 5.82 Å². The molecule has 1 rings (SSSR count). The van der Waals surface area contributed by atoms with Crippen molar-refractivity contribution in [2.24, 2.45) is 0 Å². The van der Waals surface area contributed by atoms with Gasteiger partial charge in [0.2, 0.25) is 0 Å². The van der Waals surface area contributed by atoms with Crippen molar-refractivity contribution in [1.29, 1.82) is 0 Å². The van der Waals surface area contributed by atoms with E-state index in [-0.39, 0.29) is 0 Å². The molecule has 4 nitrogen and oxygen atoms in total. The van der Waals surface area contributed by atoms with Gasteiger partial charge in [0.25, 0.3) is 0 Å². The van der Waals surface area contributed by atoms with Crippen LogP contribution in [0.5, 0.6) is 0 Å². The summed E-state index contributed by atoms with van der Waals surface area (Å²) in [6, 6.07) is 3.81. The average Bonchev–Trinajstić information content (AvgIpc) is 2.15. The van der Waals surface area contributed by atoms with Gasteiger partial charge in [-0.25, -0.2) is 4.98 Å². The number of nitrogen functional groups attached to an aromatic ring is 1. The molecule has 1 aromatic rings. The van der Waals surface area contributed by atoms with Gasteiger partial charge in [0.15, 0.2) is 0 Å². The minimum Gasteiger partial charge on any atom is -0.397 e. The number of likely N-dealkylation sites (N-methyl/N-ethyl adjacent to an activating group) is 2. The molecule has 0 aromatic carbocycles. The number of rotatable bonds is 4. The van der Waals surface area contributed by atoms with Gasteiger partial charge >= 0.3 is 0 Å². The smallest absolute Gasteiger partial charge is 0.128 e. The van der Waals surface area contributed by atoms with E-state index in [9.17, 15) is 0 Å². The van der Waals surface area contributed by atoms with Crippen molar-refractivity contribution in [3.63, 3.8) is 0 Å². The summed E-state index contributed by atoms with van der Waals surface area (Å²) in [5.41, 5.74) is 6.26. The maximum Gasteiger partial charge on any atom is 0.128 e. The Balaban J connectivity index is 2.52. The Kier molecular flexibility index (Phi) is 3.71. The summed E-state index contributed by atoms with van der Waals surface area (Å²) < 4.78 is 0. The van der Waals surface area contributed by atoms with Gasteiger partial charge in [-0.05, 0) is 26.2 Å². The molecule has 14 heavy (non-hydrogen) atoms. The number of nitrogens with zero attached hydrogens (tertiary/aromatic N) is 3. The van der Waals surface area contributed by atoms with Crippen LogP contribution in [0.2, 0.25) is 0 Å². The van der Waals surface area contributed by atoms with Gasteiger partial charge in [0, 0.05) is 20.1 Å². The molecule has 0 aliphatic carbocycles. The molecule has 1 heterocycles. The number of anilines is 2. The standard InChI is InChI=1S/C10H18N4/c1-13(2)6-7-14(3)10-5-4-9(11)8-12-10/h4-5,8H,6-7,11H2,1-3H3. The second-order valence-electron chi connectivity index (χ2n) is 3.67. The molecule has 0 saturated carbocycles. The van der Waals surface area contributed by atoms with Crippen LogP contribution < -0.4 is 10.6 Å². The fourth-order valence-corrected chi connectivity index (χ4v) is 1.09. The number of hydrogen-bond acceptors (Lipinski definition) is 4. The number of aromatic nitrogens is 1. The predicted molar refractivity (Wildman–Crippen MR) is 60.5 cm³/mol. The third-order valence-corrected chi connectivity index (χ3v) is 2.04.